The van der Waals surface area contributed by atoms with E-state index >= 15 is 0 Å². The number of hydrogen-bond acceptors (Lipinski definition) is 4. The number of anilines is 1. The lowest BCUT2D eigenvalue weighted by atomic mass is 10.1. The monoisotopic (exact) mass is 340 g/mol. The summed E-state index contributed by atoms with van der Waals surface area (Å²) in [6.07, 6.45) is 4.13. The highest BCUT2D eigenvalue weighted by Gasteiger charge is 2.34. The fourth-order valence-corrected chi connectivity index (χ4v) is 3.47. The van der Waals surface area contributed by atoms with E-state index in [0.717, 1.165) is 19.3 Å². The Kier molecular flexibility index (Phi) is 3.91. The summed E-state index contributed by atoms with van der Waals surface area (Å²) in [5.74, 6) is 0.544. The number of nitrogens with zero attached hydrogens (tertiary/aromatic N) is 3. The number of aromatic nitrogens is 2. The van der Waals surface area contributed by atoms with Gasteiger partial charge in [0.2, 0.25) is 0 Å². The van der Waals surface area contributed by atoms with E-state index < -0.39 is 6.09 Å². The number of amides is 2. The third kappa shape index (κ3) is 2.97. The molecule has 1 N–H and O–H groups in total. The van der Waals surface area contributed by atoms with Crippen molar-refractivity contribution in [2.24, 2.45) is 7.05 Å². The average Bonchev–Trinajstić information content (AvgIpc) is 3.31. The maximum absolute atomic E-state index is 12.4. The molecule has 25 heavy (non-hydrogen) atoms. The molecule has 0 bridgehead atoms. The lowest BCUT2D eigenvalue weighted by Crippen LogP contribution is -2.35. The molecule has 1 unspecified atom stereocenters. The third-order valence-corrected chi connectivity index (χ3v) is 4.80. The minimum absolute atomic E-state index is 0.135. The summed E-state index contributed by atoms with van der Waals surface area (Å²) in [5, 5.41) is 6.93. The molecule has 7 heteroatoms. The molecule has 0 radical (unpaired) electrons. The zero-order valence-corrected chi connectivity index (χ0v) is 14.1. The summed E-state index contributed by atoms with van der Waals surface area (Å²) in [4.78, 5) is 25.9. The molecule has 2 aliphatic rings. The van der Waals surface area contributed by atoms with Gasteiger partial charge in [0.15, 0.2) is 0 Å². The van der Waals surface area contributed by atoms with Crippen LogP contribution in [0, 0.1) is 0 Å². The van der Waals surface area contributed by atoms with Crippen LogP contribution < -0.4 is 10.2 Å². The minimum atomic E-state index is -0.416. The van der Waals surface area contributed by atoms with E-state index in [1.165, 1.54) is 16.0 Å². The molecule has 1 saturated heterocycles. The molecule has 0 saturated carbocycles. The van der Waals surface area contributed by atoms with Gasteiger partial charge in [0.25, 0.3) is 5.91 Å². The first-order chi connectivity index (χ1) is 12.1. The van der Waals surface area contributed by atoms with Crippen molar-refractivity contribution in [3.63, 3.8) is 0 Å². The number of hydrogen-bond donors (Lipinski definition) is 1. The smallest absolute Gasteiger partial charge is 0.416 e. The van der Waals surface area contributed by atoms with Gasteiger partial charge in [0, 0.05) is 18.7 Å². The number of carbonyl (C=O) groups excluding carboxylic acids is 2. The van der Waals surface area contributed by atoms with Crippen molar-refractivity contribution in [3.05, 3.63) is 47.2 Å². The number of cyclic esters (lactones) is 1. The van der Waals surface area contributed by atoms with Crippen LogP contribution in [0.5, 0.6) is 0 Å². The van der Waals surface area contributed by atoms with E-state index in [-0.39, 0.29) is 18.6 Å². The lowest BCUT2D eigenvalue weighted by Gasteiger charge is -2.13. The van der Waals surface area contributed by atoms with Crippen LogP contribution in [-0.2, 0) is 24.6 Å². The number of nitrogens with one attached hydrogen (secondary N) is 1. The van der Waals surface area contributed by atoms with Gasteiger partial charge in [0.1, 0.15) is 11.9 Å². The van der Waals surface area contributed by atoms with E-state index in [2.05, 4.69) is 10.4 Å². The van der Waals surface area contributed by atoms with Crippen LogP contribution in [-0.4, -0.2) is 41.0 Å². The van der Waals surface area contributed by atoms with E-state index in [9.17, 15) is 9.59 Å². The number of ether oxygens (including phenoxy) is 1. The molecule has 1 aliphatic carbocycles. The fourth-order valence-electron chi connectivity index (χ4n) is 3.47. The first-order valence-corrected chi connectivity index (χ1v) is 8.48. The van der Waals surface area contributed by atoms with Crippen LogP contribution in [0.3, 0.4) is 0 Å². The quantitative estimate of drug-likeness (QED) is 0.918. The second-order valence-corrected chi connectivity index (χ2v) is 6.48. The Morgan fingerprint density at radius 2 is 2.16 bits per heavy atom. The second-order valence-electron chi connectivity index (χ2n) is 6.48. The maximum Gasteiger partial charge on any atom is 0.416 e. The van der Waals surface area contributed by atoms with Crippen molar-refractivity contribution in [1.29, 1.82) is 0 Å². The van der Waals surface area contributed by atoms with Crippen molar-refractivity contribution in [2.75, 3.05) is 18.0 Å². The molecule has 1 aromatic carbocycles. The van der Waals surface area contributed by atoms with Crippen LogP contribution in [0.4, 0.5) is 10.6 Å². The molecule has 2 amide bonds. The molecule has 1 atom stereocenters. The molecular weight excluding hydrogens is 320 g/mol. The number of benzene rings is 1. The number of fused-ring (bicyclic) bond motifs is 1. The Bertz CT molecular complexity index is 829. The van der Waals surface area contributed by atoms with E-state index in [4.69, 9.17) is 4.74 Å². The standard InChI is InChI=1S/C18H20N4O3/c1-21-16(7-8-20-21)22-11-15(25-18(22)24)10-19-17(23)14-6-5-12-3-2-4-13(12)9-14/h5-9,15H,2-4,10-11H2,1H3,(H,19,23). The van der Waals surface area contributed by atoms with Gasteiger partial charge in [-0.05, 0) is 42.5 Å². The predicted octanol–water partition coefficient (Wildman–Crippen LogP) is 1.66. The van der Waals surface area contributed by atoms with Crippen LogP contribution >= 0.6 is 0 Å². The zero-order valence-electron chi connectivity index (χ0n) is 14.1. The predicted molar refractivity (Wildman–Crippen MR) is 91.6 cm³/mol. The van der Waals surface area contributed by atoms with E-state index in [1.807, 2.05) is 18.2 Å². The normalized spacial score (nSPS) is 19.0. The molecule has 1 aliphatic heterocycles. The SMILES string of the molecule is Cn1nccc1N1CC(CNC(=O)c2ccc3c(c2)CCC3)OC1=O. The molecule has 1 aromatic heterocycles. The van der Waals surface area contributed by atoms with Crippen molar-refractivity contribution in [3.8, 4) is 0 Å². The lowest BCUT2D eigenvalue weighted by molar-refractivity contribution is 0.0916. The summed E-state index contributed by atoms with van der Waals surface area (Å²) in [7, 11) is 1.77. The fraction of sp³-hybridized carbons (Fsp3) is 0.389. The summed E-state index contributed by atoms with van der Waals surface area (Å²) in [6, 6.07) is 7.63. The first kappa shape index (κ1) is 15.7. The Hall–Kier alpha value is -2.83. The van der Waals surface area contributed by atoms with Crippen molar-refractivity contribution < 1.29 is 14.3 Å². The highest BCUT2D eigenvalue weighted by atomic mass is 16.6. The molecule has 7 nitrogen and oxygen atoms in total. The molecule has 2 aromatic rings. The summed E-state index contributed by atoms with van der Waals surface area (Å²) < 4.78 is 6.96. The van der Waals surface area contributed by atoms with Crippen LogP contribution in [0.2, 0.25) is 0 Å². The van der Waals surface area contributed by atoms with Gasteiger partial charge < -0.3 is 10.1 Å². The first-order valence-electron chi connectivity index (χ1n) is 8.48. The average molecular weight is 340 g/mol. The molecule has 1 fully saturated rings. The van der Waals surface area contributed by atoms with Gasteiger partial charge in [-0.3, -0.25) is 14.4 Å². The van der Waals surface area contributed by atoms with Gasteiger partial charge in [-0.2, -0.15) is 5.10 Å². The van der Waals surface area contributed by atoms with Crippen molar-refractivity contribution in [2.45, 2.75) is 25.4 Å². The van der Waals surface area contributed by atoms with Crippen LogP contribution in [0.1, 0.15) is 27.9 Å². The highest BCUT2D eigenvalue weighted by Crippen LogP contribution is 2.23. The Morgan fingerprint density at radius 1 is 1.32 bits per heavy atom. The number of aryl methyl sites for hydroxylation is 3. The van der Waals surface area contributed by atoms with Gasteiger partial charge in [0.05, 0.1) is 19.3 Å². The van der Waals surface area contributed by atoms with Gasteiger partial charge in [-0.1, -0.05) is 6.07 Å². The van der Waals surface area contributed by atoms with Gasteiger partial charge >= 0.3 is 6.09 Å². The topological polar surface area (TPSA) is 76.5 Å². The van der Waals surface area contributed by atoms with E-state index in [0.29, 0.717) is 17.9 Å². The maximum atomic E-state index is 12.4. The number of carbonyl (C=O) groups is 2. The molecule has 0 spiro atoms. The minimum Gasteiger partial charge on any atom is -0.442 e. The molecule has 4 rings (SSSR count). The summed E-state index contributed by atoms with van der Waals surface area (Å²) in [6.45, 7) is 0.679. The Labute approximate surface area is 145 Å². The van der Waals surface area contributed by atoms with Crippen molar-refractivity contribution in [1.82, 2.24) is 15.1 Å². The highest BCUT2D eigenvalue weighted by molar-refractivity contribution is 5.94. The Balaban J connectivity index is 1.36. The second kappa shape index (κ2) is 6.23. The van der Waals surface area contributed by atoms with Crippen molar-refractivity contribution >= 4 is 17.8 Å². The molecule has 2 heterocycles. The van der Waals surface area contributed by atoms with Crippen LogP contribution in [0.25, 0.3) is 0 Å². The molecular formula is C18H20N4O3. The summed E-state index contributed by atoms with van der Waals surface area (Å²) in [5.41, 5.74) is 3.27. The van der Waals surface area contributed by atoms with E-state index in [1.54, 1.807) is 24.0 Å². The number of rotatable bonds is 4. The van der Waals surface area contributed by atoms with Gasteiger partial charge in [-0.25, -0.2) is 4.79 Å². The van der Waals surface area contributed by atoms with Gasteiger partial charge in [-0.15, -0.1) is 0 Å². The largest absolute Gasteiger partial charge is 0.442 e. The molecule has 130 valence electrons. The summed E-state index contributed by atoms with van der Waals surface area (Å²) >= 11 is 0. The van der Waals surface area contributed by atoms with Crippen LogP contribution in [0.15, 0.2) is 30.5 Å². The zero-order chi connectivity index (χ0) is 17.4. The Morgan fingerprint density at radius 3 is 2.96 bits per heavy atom. The third-order valence-electron chi connectivity index (χ3n) is 4.80.